The molecule has 0 saturated heterocycles. The van der Waals surface area contributed by atoms with Crippen LogP contribution in [0.4, 0.5) is 0 Å². The van der Waals surface area contributed by atoms with Crippen LogP contribution in [0.5, 0.6) is 5.75 Å². The van der Waals surface area contributed by atoms with E-state index in [1.165, 1.54) is 0 Å². The highest BCUT2D eigenvalue weighted by Gasteiger charge is 2.34. The second-order valence-corrected chi connectivity index (χ2v) is 5.17. The van der Waals surface area contributed by atoms with Gasteiger partial charge in [-0.25, -0.2) is 0 Å². The van der Waals surface area contributed by atoms with Crippen LogP contribution in [0.3, 0.4) is 0 Å². The van der Waals surface area contributed by atoms with Gasteiger partial charge in [0.2, 0.25) is 0 Å². The molecule has 1 N–H and O–H groups in total. The van der Waals surface area contributed by atoms with Crippen molar-refractivity contribution in [3.63, 3.8) is 0 Å². The van der Waals surface area contributed by atoms with E-state index in [-0.39, 0.29) is 0 Å². The third-order valence-electron chi connectivity index (χ3n) is 3.59. The lowest BCUT2D eigenvalue weighted by molar-refractivity contribution is 0.0875. The van der Waals surface area contributed by atoms with Gasteiger partial charge in [0.05, 0.1) is 13.3 Å². The molecule has 1 heterocycles. The standard InChI is InChI=1S/C16H22N2O2/c1-5-10-18-15(14(20-4)11-17-18)16(3,19)13-9-7-6-8-12(13)2/h6-9,11,19H,5,10H2,1-4H3. The van der Waals surface area contributed by atoms with Crippen LogP contribution >= 0.6 is 0 Å². The van der Waals surface area contributed by atoms with E-state index in [1.54, 1.807) is 20.2 Å². The van der Waals surface area contributed by atoms with Gasteiger partial charge in [-0.3, -0.25) is 4.68 Å². The van der Waals surface area contributed by atoms with Gasteiger partial charge in [0.1, 0.15) is 11.3 Å². The van der Waals surface area contributed by atoms with E-state index in [1.807, 2.05) is 35.9 Å². The fourth-order valence-electron chi connectivity index (χ4n) is 2.64. The van der Waals surface area contributed by atoms with Crippen molar-refractivity contribution in [2.24, 2.45) is 0 Å². The Morgan fingerprint density at radius 2 is 2.05 bits per heavy atom. The third-order valence-corrected chi connectivity index (χ3v) is 3.59. The maximum Gasteiger partial charge on any atom is 0.163 e. The van der Waals surface area contributed by atoms with Crippen LogP contribution in [0.1, 0.15) is 37.1 Å². The first-order chi connectivity index (χ1) is 9.52. The zero-order valence-electron chi connectivity index (χ0n) is 12.6. The molecule has 2 rings (SSSR count). The molecule has 2 aromatic rings. The summed E-state index contributed by atoms with van der Waals surface area (Å²) in [4.78, 5) is 0. The second kappa shape index (κ2) is 5.67. The van der Waals surface area contributed by atoms with Crippen molar-refractivity contribution in [1.82, 2.24) is 9.78 Å². The fraction of sp³-hybridized carbons (Fsp3) is 0.438. The van der Waals surface area contributed by atoms with Crippen molar-refractivity contribution in [3.05, 3.63) is 47.3 Å². The topological polar surface area (TPSA) is 47.3 Å². The van der Waals surface area contributed by atoms with Crippen LogP contribution in [0.2, 0.25) is 0 Å². The highest BCUT2D eigenvalue weighted by atomic mass is 16.5. The van der Waals surface area contributed by atoms with Crippen LogP contribution in [-0.4, -0.2) is 22.0 Å². The largest absolute Gasteiger partial charge is 0.493 e. The first-order valence-corrected chi connectivity index (χ1v) is 6.91. The number of nitrogens with zero attached hydrogens (tertiary/aromatic N) is 2. The van der Waals surface area contributed by atoms with E-state index in [9.17, 15) is 5.11 Å². The Morgan fingerprint density at radius 3 is 2.65 bits per heavy atom. The molecule has 1 aromatic carbocycles. The molecule has 0 fully saturated rings. The van der Waals surface area contributed by atoms with E-state index in [2.05, 4.69) is 12.0 Å². The first kappa shape index (κ1) is 14.6. The molecule has 0 aliphatic rings. The molecule has 0 amide bonds. The average Bonchev–Trinajstić information content (AvgIpc) is 2.83. The molecular weight excluding hydrogens is 252 g/mol. The van der Waals surface area contributed by atoms with E-state index < -0.39 is 5.60 Å². The molecule has 1 unspecified atom stereocenters. The minimum Gasteiger partial charge on any atom is -0.493 e. The predicted octanol–water partition coefficient (Wildman–Crippen LogP) is 2.87. The van der Waals surface area contributed by atoms with Gasteiger partial charge in [0.25, 0.3) is 0 Å². The monoisotopic (exact) mass is 274 g/mol. The molecule has 20 heavy (non-hydrogen) atoms. The van der Waals surface area contributed by atoms with Crippen molar-refractivity contribution in [1.29, 1.82) is 0 Å². The summed E-state index contributed by atoms with van der Waals surface area (Å²) in [5.74, 6) is 0.617. The average molecular weight is 274 g/mol. The second-order valence-electron chi connectivity index (χ2n) is 5.17. The highest BCUT2D eigenvalue weighted by molar-refractivity contribution is 5.42. The van der Waals surface area contributed by atoms with Gasteiger partial charge in [-0.1, -0.05) is 31.2 Å². The van der Waals surface area contributed by atoms with Crippen molar-refractivity contribution in [2.45, 2.75) is 39.3 Å². The summed E-state index contributed by atoms with van der Waals surface area (Å²) in [6.45, 7) is 6.62. The molecule has 0 spiro atoms. The number of ether oxygens (including phenoxy) is 1. The van der Waals surface area contributed by atoms with Crippen molar-refractivity contribution < 1.29 is 9.84 Å². The lowest BCUT2D eigenvalue weighted by atomic mass is 9.88. The summed E-state index contributed by atoms with van der Waals surface area (Å²) in [7, 11) is 1.60. The number of aromatic nitrogens is 2. The number of aliphatic hydroxyl groups is 1. The summed E-state index contributed by atoms with van der Waals surface area (Å²) in [5.41, 5.74) is 1.48. The van der Waals surface area contributed by atoms with Gasteiger partial charge in [-0.2, -0.15) is 5.10 Å². The van der Waals surface area contributed by atoms with E-state index in [0.29, 0.717) is 11.4 Å². The van der Waals surface area contributed by atoms with Crippen LogP contribution in [0, 0.1) is 6.92 Å². The summed E-state index contributed by atoms with van der Waals surface area (Å²) >= 11 is 0. The number of aryl methyl sites for hydroxylation is 2. The Labute approximate surface area is 120 Å². The normalized spacial score (nSPS) is 14.1. The zero-order valence-corrected chi connectivity index (χ0v) is 12.6. The minimum absolute atomic E-state index is 0.617. The molecule has 4 heteroatoms. The van der Waals surface area contributed by atoms with Gasteiger partial charge in [-0.15, -0.1) is 0 Å². The minimum atomic E-state index is -1.14. The Kier molecular flexibility index (Phi) is 4.14. The van der Waals surface area contributed by atoms with Gasteiger partial charge < -0.3 is 9.84 Å². The molecular formula is C16H22N2O2. The third kappa shape index (κ3) is 2.43. The number of hydrogen-bond acceptors (Lipinski definition) is 3. The van der Waals surface area contributed by atoms with Crippen LogP contribution < -0.4 is 4.74 Å². The smallest absolute Gasteiger partial charge is 0.163 e. The summed E-state index contributed by atoms with van der Waals surface area (Å²) in [5, 5.41) is 15.4. The molecule has 4 nitrogen and oxygen atoms in total. The molecule has 108 valence electrons. The Bertz CT molecular complexity index is 588. The van der Waals surface area contributed by atoms with Gasteiger partial charge >= 0.3 is 0 Å². The summed E-state index contributed by atoms with van der Waals surface area (Å²) in [6, 6.07) is 7.84. The molecule has 0 aliphatic carbocycles. The van der Waals surface area contributed by atoms with E-state index in [4.69, 9.17) is 4.74 Å². The van der Waals surface area contributed by atoms with Crippen LogP contribution in [0.15, 0.2) is 30.5 Å². The maximum atomic E-state index is 11.1. The van der Waals surface area contributed by atoms with Crippen LogP contribution in [-0.2, 0) is 12.1 Å². The molecule has 0 saturated carbocycles. The summed E-state index contributed by atoms with van der Waals surface area (Å²) < 4.78 is 7.20. The van der Waals surface area contributed by atoms with Gasteiger partial charge in [0.15, 0.2) is 5.75 Å². The van der Waals surface area contributed by atoms with Crippen molar-refractivity contribution in [3.8, 4) is 5.75 Å². The first-order valence-electron chi connectivity index (χ1n) is 6.91. The van der Waals surface area contributed by atoms with E-state index in [0.717, 1.165) is 24.1 Å². The number of methoxy groups -OCH3 is 1. The Hall–Kier alpha value is -1.81. The van der Waals surface area contributed by atoms with Gasteiger partial charge in [-0.05, 0) is 31.4 Å². The lowest BCUT2D eigenvalue weighted by Crippen LogP contribution is -2.28. The molecule has 0 radical (unpaired) electrons. The van der Waals surface area contributed by atoms with Crippen LogP contribution in [0.25, 0.3) is 0 Å². The predicted molar refractivity (Wildman–Crippen MR) is 78.9 cm³/mol. The number of hydrogen-bond donors (Lipinski definition) is 1. The quantitative estimate of drug-likeness (QED) is 0.912. The highest BCUT2D eigenvalue weighted by Crippen LogP contribution is 2.36. The molecule has 0 aliphatic heterocycles. The molecule has 0 bridgehead atoms. The van der Waals surface area contributed by atoms with Crippen molar-refractivity contribution >= 4 is 0 Å². The maximum absolute atomic E-state index is 11.1. The Morgan fingerprint density at radius 1 is 1.35 bits per heavy atom. The van der Waals surface area contributed by atoms with Crippen molar-refractivity contribution in [2.75, 3.05) is 7.11 Å². The Balaban J connectivity index is 2.59. The SMILES string of the molecule is CCCn1ncc(OC)c1C(C)(O)c1ccccc1C. The fourth-order valence-corrected chi connectivity index (χ4v) is 2.64. The molecule has 1 aromatic heterocycles. The number of rotatable bonds is 5. The summed E-state index contributed by atoms with van der Waals surface area (Å²) in [6.07, 6.45) is 2.61. The lowest BCUT2D eigenvalue weighted by Gasteiger charge is -2.27. The van der Waals surface area contributed by atoms with E-state index >= 15 is 0 Å². The number of benzene rings is 1. The van der Waals surface area contributed by atoms with Gasteiger partial charge in [0, 0.05) is 6.54 Å². The zero-order chi connectivity index (χ0) is 14.8. The molecule has 1 atom stereocenters.